The summed E-state index contributed by atoms with van der Waals surface area (Å²) in [5.74, 6) is -0.734. The fourth-order valence-electron chi connectivity index (χ4n) is 4.66. The second-order valence-electron chi connectivity index (χ2n) is 10.0. The summed E-state index contributed by atoms with van der Waals surface area (Å²) in [5.41, 5.74) is 1.88. The molecule has 8 nitrogen and oxygen atoms in total. The molecule has 212 valence electrons. The summed E-state index contributed by atoms with van der Waals surface area (Å²) in [7, 11) is 1.43. The highest BCUT2D eigenvalue weighted by atomic mass is 19.1. The molecule has 4 atom stereocenters. The lowest BCUT2D eigenvalue weighted by Crippen LogP contribution is -2.59. The number of rotatable bonds is 5. The minimum Gasteiger partial charge on any atom is -0.492 e. The Morgan fingerprint density at radius 2 is 1.74 bits per heavy atom. The molecule has 3 amide bonds. The maximum atomic E-state index is 14.3. The lowest BCUT2D eigenvalue weighted by molar-refractivity contribution is -0.142. The van der Waals surface area contributed by atoms with Gasteiger partial charge < -0.3 is 25.6 Å². The van der Waals surface area contributed by atoms with Crippen LogP contribution in [0.3, 0.4) is 0 Å². The molecule has 1 aliphatic heterocycles. The van der Waals surface area contributed by atoms with Gasteiger partial charge in [0, 0.05) is 26.6 Å². The first kappa shape index (κ1) is 30.1. The lowest BCUT2D eigenvalue weighted by atomic mass is 9.97. The molecule has 0 aliphatic carbocycles. The van der Waals surface area contributed by atoms with E-state index in [1.807, 2.05) is 68.4 Å². The van der Waals surface area contributed by atoms with E-state index in [2.05, 4.69) is 16.0 Å². The summed E-state index contributed by atoms with van der Waals surface area (Å²) >= 11 is 0. The van der Waals surface area contributed by atoms with E-state index in [1.54, 1.807) is 0 Å². The van der Waals surface area contributed by atoms with E-state index < -0.39 is 30.7 Å². The Morgan fingerprint density at radius 3 is 2.46 bits per heavy atom. The van der Waals surface area contributed by atoms with Crippen LogP contribution in [-0.4, -0.2) is 74.2 Å². The largest absolute Gasteiger partial charge is 0.492 e. The van der Waals surface area contributed by atoms with Crippen LogP contribution in [0.2, 0.25) is 0 Å². The Hall–Kier alpha value is -3.46. The fraction of sp³-hybridized carbons (Fsp3) is 0.500. The molecule has 0 saturated heterocycles. The van der Waals surface area contributed by atoms with Crippen molar-refractivity contribution >= 4 is 17.7 Å². The van der Waals surface area contributed by atoms with Crippen LogP contribution in [-0.2, 0) is 27.2 Å². The minimum atomic E-state index is -1.36. The van der Waals surface area contributed by atoms with Gasteiger partial charge in [-0.3, -0.25) is 14.4 Å². The number of nitrogens with one attached hydrogen (secondary N) is 3. The van der Waals surface area contributed by atoms with Crippen molar-refractivity contribution in [3.63, 3.8) is 0 Å². The number of fused-ring (bicyclic) bond motifs is 1. The van der Waals surface area contributed by atoms with Gasteiger partial charge in [0.25, 0.3) is 0 Å². The van der Waals surface area contributed by atoms with Crippen molar-refractivity contribution in [1.82, 2.24) is 20.9 Å². The van der Waals surface area contributed by atoms with Crippen LogP contribution in [0.5, 0.6) is 5.75 Å². The van der Waals surface area contributed by atoms with Gasteiger partial charge in [-0.15, -0.1) is 0 Å². The molecule has 3 N–H and O–H groups in total. The summed E-state index contributed by atoms with van der Waals surface area (Å²) in [6.45, 7) is 4.00. The number of likely N-dealkylation sites (N-methyl/N-ethyl adjacent to an activating group) is 1. The number of halogens is 1. The Balaban J connectivity index is 1.88. The number of para-hydroxylation sites is 1. The molecule has 2 aromatic carbocycles. The number of amides is 3. The average molecular weight is 541 g/mol. The Labute approximate surface area is 230 Å². The van der Waals surface area contributed by atoms with E-state index >= 15 is 0 Å². The zero-order valence-corrected chi connectivity index (χ0v) is 23.1. The zero-order valence-electron chi connectivity index (χ0n) is 23.1. The van der Waals surface area contributed by atoms with Crippen LogP contribution in [0.4, 0.5) is 4.39 Å². The maximum Gasteiger partial charge on any atom is 0.246 e. The van der Waals surface area contributed by atoms with Crippen molar-refractivity contribution in [2.45, 2.75) is 57.7 Å². The normalized spacial score (nSPS) is 22.9. The van der Waals surface area contributed by atoms with E-state index in [-0.39, 0.29) is 24.2 Å². The molecule has 0 saturated carbocycles. The Kier molecular flexibility index (Phi) is 11.7. The van der Waals surface area contributed by atoms with Crippen molar-refractivity contribution < 1.29 is 23.5 Å². The van der Waals surface area contributed by atoms with E-state index in [1.165, 1.54) is 7.05 Å². The van der Waals surface area contributed by atoms with Gasteiger partial charge in [0.15, 0.2) is 0 Å². The van der Waals surface area contributed by atoms with Gasteiger partial charge in [0.2, 0.25) is 17.7 Å². The molecule has 0 radical (unpaired) electrons. The van der Waals surface area contributed by atoms with Gasteiger partial charge in [-0.05, 0) is 36.0 Å². The Bertz CT molecular complexity index is 1080. The van der Waals surface area contributed by atoms with Gasteiger partial charge in [-0.25, -0.2) is 4.39 Å². The van der Waals surface area contributed by atoms with Crippen molar-refractivity contribution in [2.24, 2.45) is 5.92 Å². The molecular weight excluding hydrogens is 499 g/mol. The first-order valence-corrected chi connectivity index (χ1v) is 13.7. The highest BCUT2D eigenvalue weighted by Crippen LogP contribution is 2.20. The number of carbonyl (C=O) groups is 3. The van der Waals surface area contributed by atoms with Crippen LogP contribution >= 0.6 is 0 Å². The minimum absolute atomic E-state index is 0.0576. The molecule has 0 spiro atoms. The van der Waals surface area contributed by atoms with Crippen LogP contribution in [0.25, 0.3) is 0 Å². The third kappa shape index (κ3) is 8.51. The molecule has 1 heterocycles. The molecule has 0 bridgehead atoms. The molecule has 0 aromatic heterocycles. The highest BCUT2D eigenvalue weighted by Gasteiger charge is 2.35. The topological polar surface area (TPSA) is 99.8 Å². The van der Waals surface area contributed by atoms with Crippen molar-refractivity contribution in [3.8, 4) is 5.75 Å². The zero-order chi connectivity index (χ0) is 28.2. The molecular formula is C30H41FN4O4. The van der Waals surface area contributed by atoms with E-state index in [9.17, 15) is 18.8 Å². The van der Waals surface area contributed by atoms with E-state index in [4.69, 9.17) is 4.74 Å². The number of nitrogens with zero attached hydrogens (tertiary/aromatic N) is 1. The van der Waals surface area contributed by atoms with Gasteiger partial charge in [0.1, 0.15) is 31.1 Å². The molecule has 1 unspecified atom stereocenters. The molecule has 0 fully saturated rings. The smallest absolute Gasteiger partial charge is 0.246 e. The van der Waals surface area contributed by atoms with Crippen molar-refractivity contribution in [2.75, 3.05) is 33.4 Å². The van der Waals surface area contributed by atoms with Gasteiger partial charge >= 0.3 is 0 Å². The second kappa shape index (κ2) is 15.2. The molecule has 1 aliphatic rings. The summed E-state index contributed by atoms with van der Waals surface area (Å²) in [5, 5.41) is 8.89. The number of ether oxygens (including phenoxy) is 1. The maximum absolute atomic E-state index is 14.3. The first-order chi connectivity index (χ1) is 18.8. The van der Waals surface area contributed by atoms with Crippen LogP contribution in [0.1, 0.15) is 37.8 Å². The number of hydrogen-bond acceptors (Lipinski definition) is 5. The van der Waals surface area contributed by atoms with Crippen LogP contribution < -0.4 is 20.7 Å². The number of hydrogen-bond donors (Lipinski definition) is 3. The summed E-state index contributed by atoms with van der Waals surface area (Å²) < 4.78 is 20.3. The monoisotopic (exact) mass is 540 g/mol. The average Bonchev–Trinajstić information content (AvgIpc) is 2.95. The number of benzene rings is 2. The third-order valence-electron chi connectivity index (χ3n) is 7.28. The SMILES string of the molecule is CCC(C)[C@@H]1NCCOc2ccccc2CCCNC(=O)[C@@H](Cc2ccccc2)NC(=O)[C@@H](CF)N(C)C1=O. The lowest BCUT2D eigenvalue weighted by Gasteiger charge is -2.32. The predicted molar refractivity (Wildman–Crippen MR) is 149 cm³/mol. The van der Waals surface area contributed by atoms with E-state index in [0.717, 1.165) is 21.8 Å². The predicted octanol–water partition coefficient (Wildman–Crippen LogP) is 2.66. The molecule has 39 heavy (non-hydrogen) atoms. The summed E-state index contributed by atoms with van der Waals surface area (Å²) in [6.07, 6.45) is 2.33. The number of aryl methyl sites for hydroxylation is 1. The summed E-state index contributed by atoms with van der Waals surface area (Å²) in [6, 6.07) is 14.2. The van der Waals surface area contributed by atoms with Gasteiger partial charge in [0.05, 0.1) is 6.04 Å². The second-order valence-corrected chi connectivity index (χ2v) is 10.0. The van der Waals surface area contributed by atoms with Crippen molar-refractivity contribution in [1.29, 1.82) is 0 Å². The standard InChI is InChI=1S/C30H41FN4O4/c1-4-21(2)27-30(38)35(3)25(20-31)29(37)34-24(19-22-11-6-5-7-12-22)28(36)33-16-10-14-23-13-8-9-15-26(23)39-18-17-32-27/h5-9,11-13,15,21,24-25,27,32H,4,10,14,16-20H2,1-3H3,(H,33,36)(H,34,37)/t21?,24-,25-,27+/m1/s1. The third-order valence-corrected chi connectivity index (χ3v) is 7.28. The van der Waals surface area contributed by atoms with E-state index in [0.29, 0.717) is 39.0 Å². The first-order valence-electron chi connectivity index (χ1n) is 13.7. The molecule has 9 heteroatoms. The summed E-state index contributed by atoms with van der Waals surface area (Å²) in [4.78, 5) is 41.1. The van der Waals surface area contributed by atoms with Gasteiger partial charge in [-0.1, -0.05) is 68.8 Å². The molecule has 2 aromatic rings. The fourth-order valence-corrected chi connectivity index (χ4v) is 4.66. The van der Waals surface area contributed by atoms with Crippen molar-refractivity contribution in [3.05, 3.63) is 65.7 Å². The molecule has 3 rings (SSSR count). The Morgan fingerprint density at radius 1 is 1.03 bits per heavy atom. The van der Waals surface area contributed by atoms with Crippen LogP contribution in [0, 0.1) is 5.92 Å². The van der Waals surface area contributed by atoms with Crippen LogP contribution in [0.15, 0.2) is 54.6 Å². The number of carbonyl (C=O) groups excluding carboxylic acids is 3. The van der Waals surface area contributed by atoms with Gasteiger partial charge in [-0.2, -0.15) is 0 Å². The number of alkyl halides is 1. The quantitative estimate of drug-likeness (QED) is 0.542. The highest BCUT2D eigenvalue weighted by molar-refractivity contribution is 5.93.